The van der Waals surface area contributed by atoms with E-state index in [1.165, 1.54) is 0 Å². The average molecular weight is 314 g/mol. The fraction of sp³-hybridized carbons (Fsp3) is 0.706. The van der Waals surface area contributed by atoms with Gasteiger partial charge in [-0.15, -0.1) is 0 Å². The molecule has 1 aromatic heterocycles. The standard InChI is InChI=1S/C17H26N6/c1-3-22-8-7-20-17(22)14-23-10-9-21(12-15(23)2)13-16(11-19)5-4-6-18/h7-8,15-16H,3-5,9-10,12-14H2,1-2H3. The third-order valence-electron chi connectivity index (χ3n) is 4.60. The summed E-state index contributed by atoms with van der Waals surface area (Å²) in [6.07, 6.45) is 5.04. The van der Waals surface area contributed by atoms with E-state index >= 15 is 0 Å². The zero-order chi connectivity index (χ0) is 16.7. The van der Waals surface area contributed by atoms with Crippen molar-refractivity contribution >= 4 is 0 Å². The number of aryl methyl sites for hydroxylation is 1. The Kier molecular flexibility index (Phi) is 6.58. The maximum atomic E-state index is 9.22. The molecule has 1 aromatic rings. The fourth-order valence-corrected chi connectivity index (χ4v) is 3.18. The van der Waals surface area contributed by atoms with Gasteiger partial charge in [-0.2, -0.15) is 10.5 Å². The Hall–Kier alpha value is -1.89. The first-order valence-electron chi connectivity index (χ1n) is 8.40. The molecule has 2 unspecified atom stereocenters. The zero-order valence-corrected chi connectivity index (χ0v) is 14.1. The summed E-state index contributed by atoms with van der Waals surface area (Å²) in [5.41, 5.74) is 0. The molecule has 1 aliphatic rings. The van der Waals surface area contributed by atoms with Gasteiger partial charge in [0.15, 0.2) is 0 Å². The minimum Gasteiger partial charge on any atom is -0.334 e. The lowest BCUT2D eigenvalue weighted by Crippen LogP contribution is -2.52. The summed E-state index contributed by atoms with van der Waals surface area (Å²) in [7, 11) is 0. The molecule has 2 heterocycles. The van der Waals surface area contributed by atoms with E-state index in [9.17, 15) is 5.26 Å². The molecule has 1 fully saturated rings. The molecular formula is C17H26N6. The number of hydrogen-bond donors (Lipinski definition) is 0. The SMILES string of the molecule is CCn1ccnc1CN1CCN(CC(C#N)CCC#N)CC1C. The molecule has 0 spiro atoms. The first-order valence-corrected chi connectivity index (χ1v) is 8.40. The molecule has 0 saturated carbocycles. The summed E-state index contributed by atoms with van der Waals surface area (Å²) >= 11 is 0. The Balaban J connectivity index is 1.85. The molecule has 6 heteroatoms. The molecule has 6 nitrogen and oxygen atoms in total. The van der Waals surface area contributed by atoms with Crippen molar-refractivity contribution in [3.05, 3.63) is 18.2 Å². The molecule has 23 heavy (non-hydrogen) atoms. The third-order valence-corrected chi connectivity index (χ3v) is 4.60. The third kappa shape index (κ3) is 4.79. The Morgan fingerprint density at radius 2 is 2.22 bits per heavy atom. The van der Waals surface area contributed by atoms with Gasteiger partial charge in [-0.25, -0.2) is 4.98 Å². The summed E-state index contributed by atoms with van der Waals surface area (Å²) in [5, 5.41) is 17.9. The van der Waals surface area contributed by atoms with Crippen LogP contribution in [-0.2, 0) is 13.1 Å². The van der Waals surface area contributed by atoms with Gasteiger partial charge >= 0.3 is 0 Å². The van der Waals surface area contributed by atoms with E-state index in [-0.39, 0.29) is 5.92 Å². The highest BCUT2D eigenvalue weighted by Crippen LogP contribution is 2.16. The smallest absolute Gasteiger partial charge is 0.122 e. The van der Waals surface area contributed by atoms with E-state index in [1.807, 2.05) is 12.4 Å². The second kappa shape index (κ2) is 8.67. The molecule has 1 saturated heterocycles. The minimum absolute atomic E-state index is 0.0348. The Labute approximate surface area is 138 Å². The number of nitrogens with zero attached hydrogens (tertiary/aromatic N) is 6. The van der Waals surface area contributed by atoms with Crippen molar-refractivity contribution in [2.45, 2.75) is 45.8 Å². The van der Waals surface area contributed by atoms with Crippen molar-refractivity contribution in [2.75, 3.05) is 26.2 Å². The van der Waals surface area contributed by atoms with Crippen LogP contribution in [0.25, 0.3) is 0 Å². The quantitative estimate of drug-likeness (QED) is 0.768. The first-order chi connectivity index (χ1) is 11.2. The van der Waals surface area contributed by atoms with Crippen LogP contribution in [0.15, 0.2) is 12.4 Å². The predicted octanol–water partition coefficient (Wildman–Crippen LogP) is 1.85. The van der Waals surface area contributed by atoms with Crippen LogP contribution in [0, 0.1) is 28.6 Å². The highest BCUT2D eigenvalue weighted by Gasteiger charge is 2.26. The van der Waals surface area contributed by atoms with E-state index < -0.39 is 0 Å². The second-order valence-electron chi connectivity index (χ2n) is 6.23. The van der Waals surface area contributed by atoms with Gasteiger partial charge in [0.2, 0.25) is 0 Å². The van der Waals surface area contributed by atoms with E-state index in [0.29, 0.717) is 18.9 Å². The molecule has 0 N–H and O–H groups in total. The van der Waals surface area contributed by atoms with Crippen LogP contribution in [0.2, 0.25) is 0 Å². The predicted molar refractivity (Wildman–Crippen MR) is 88.2 cm³/mol. The van der Waals surface area contributed by atoms with E-state index in [4.69, 9.17) is 5.26 Å². The van der Waals surface area contributed by atoms with Crippen molar-refractivity contribution in [3.8, 4) is 12.1 Å². The van der Waals surface area contributed by atoms with Gasteiger partial charge in [0, 0.05) is 57.6 Å². The normalized spacial score (nSPS) is 20.8. The summed E-state index contributed by atoms with van der Waals surface area (Å²) in [6.45, 7) is 9.92. The molecule has 0 radical (unpaired) electrons. The largest absolute Gasteiger partial charge is 0.334 e. The van der Waals surface area contributed by atoms with Crippen LogP contribution in [0.5, 0.6) is 0 Å². The van der Waals surface area contributed by atoms with Crippen LogP contribution in [0.4, 0.5) is 0 Å². The molecule has 0 aliphatic carbocycles. The monoisotopic (exact) mass is 314 g/mol. The summed E-state index contributed by atoms with van der Waals surface area (Å²) < 4.78 is 2.19. The van der Waals surface area contributed by atoms with Gasteiger partial charge in [-0.05, 0) is 20.3 Å². The molecule has 2 atom stereocenters. The van der Waals surface area contributed by atoms with Crippen LogP contribution in [0.3, 0.4) is 0 Å². The molecular weight excluding hydrogens is 288 g/mol. The fourth-order valence-electron chi connectivity index (χ4n) is 3.18. The highest BCUT2D eigenvalue weighted by molar-refractivity contribution is 4.95. The molecule has 0 aromatic carbocycles. The number of piperazine rings is 1. The lowest BCUT2D eigenvalue weighted by molar-refractivity contribution is 0.0689. The van der Waals surface area contributed by atoms with Gasteiger partial charge in [-0.3, -0.25) is 9.80 Å². The zero-order valence-electron chi connectivity index (χ0n) is 14.1. The van der Waals surface area contributed by atoms with Crippen molar-refractivity contribution < 1.29 is 0 Å². The first kappa shape index (κ1) is 17.5. The molecule has 0 bridgehead atoms. The molecule has 1 aliphatic heterocycles. The van der Waals surface area contributed by atoms with Gasteiger partial charge < -0.3 is 4.57 Å². The summed E-state index contributed by atoms with van der Waals surface area (Å²) in [6, 6.07) is 4.92. The molecule has 2 rings (SSSR count). The van der Waals surface area contributed by atoms with Crippen LogP contribution >= 0.6 is 0 Å². The van der Waals surface area contributed by atoms with Crippen molar-refractivity contribution in [1.29, 1.82) is 10.5 Å². The van der Waals surface area contributed by atoms with E-state index in [2.05, 4.69) is 45.3 Å². The topological polar surface area (TPSA) is 71.9 Å². The summed E-state index contributed by atoms with van der Waals surface area (Å²) in [5.74, 6) is 1.09. The minimum atomic E-state index is -0.0348. The van der Waals surface area contributed by atoms with Gasteiger partial charge in [-0.1, -0.05) is 0 Å². The van der Waals surface area contributed by atoms with Crippen molar-refractivity contribution in [2.24, 2.45) is 5.92 Å². The number of aromatic nitrogens is 2. The number of imidazole rings is 1. The van der Waals surface area contributed by atoms with Gasteiger partial charge in [0.25, 0.3) is 0 Å². The molecule has 0 amide bonds. The Morgan fingerprint density at radius 3 is 2.87 bits per heavy atom. The highest BCUT2D eigenvalue weighted by atomic mass is 15.3. The van der Waals surface area contributed by atoms with Crippen LogP contribution < -0.4 is 0 Å². The molecule has 124 valence electrons. The Bertz CT molecular complexity index is 566. The van der Waals surface area contributed by atoms with E-state index in [0.717, 1.165) is 45.1 Å². The number of nitriles is 2. The van der Waals surface area contributed by atoms with Crippen LogP contribution in [-0.4, -0.2) is 51.6 Å². The average Bonchev–Trinajstić information content (AvgIpc) is 3.01. The van der Waals surface area contributed by atoms with Gasteiger partial charge in [0.1, 0.15) is 5.82 Å². The number of rotatable bonds is 7. The van der Waals surface area contributed by atoms with Gasteiger partial charge in [0.05, 0.1) is 24.6 Å². The maximum absolute atomic E-state index is 9.22. The maximum Gasteiger partial charge on any atom is 0.122 e. The van der Waals surface area contributed by atoms with Crippen molar-refractivity contribution in [3.63, 3.8) is 0 Å². The second-order valence-corrected chi connectivity index (χ2v) is 6.23. The summed E-state index contributed by atoms with van der Waals surface area (Å²) in [4.78, 5) is 9.28. The van der Waals surface area contributed by atoms with Crippen molar-refractivity contribution in [1.82, 2.24) is 19.4 Å². The van der Waals surface area contributed by atoms with Crippen LogP contribution in [0.1, 0.15) is 32.5 Å². The Morgan fingerprint density at radius 1 is 1.39 bits per heavy atom. The number of hydrogen-bond acceptors (Lipinski definition) is 5. The lowest BCUT2D eigenvalue weighted by atomic mass is 10.0. The van der Waals surface area contributed by atoms with E-state index in [1.54, 1.807) is 0 Å². The lowest BCUT2D eigenvalue weighted by Gasteiger charge is -2.40.